The van der Waals surface area contributed by atoms with Crippen molar-refractivity contribution in [2.24, 2.45) is 5.73 Å². The lowest BCUT2D eigenvalue weighted by Gasteiger charge is -2.13. The second kappa shape index (κ2) is 8.64. The van der Waals surface area contributed by atoms with E-state index in [1.807, 2.05) is 42.7 Å². The summed E-state index contributed by atoms with van der Waals surface area (Å²) in [6, 6.07) is 7.35. The highest BCUT2D eigenvalue weighted by Crippen LogP contribution is 2.20. The van der Waals surface area contributed by atoms with Crippen LogP contribution in [0.1, 0.15) is 33.1 Å². The molecule has 0 saturated heterocycles. The Labute approximate surface area is 137 Å². The van der Waals surface area contributed by atoms with E-state index in [4.69, 9.17) is 10.5 Å². The zero-order valence-electron chi connectivity index (χ0n) is 13.9. The molecule has 0 bridgehead atoms. The SMILES string of the molecule is CCCC(N)C(=O)Nc1nc2ccccc2n1CCCOCC. The van der Waals surface area contributed by atoms with Crippen molar-refractivity contribution in [1.82, 2.24) is 9.55 Å². The van der Waals surface area contributed by atoms with E-state index in [1.165, 1.54) is 0 Å². The Balaban J connectivity index is 2.18. The van der Waals surface area contributed by atoms with Gasteiger partial charge in [0.15, 0.2) is 0 Å². The number of carbonyl (C=O) groups is 1. The van der Waals surface area contributed by atoms with Gasteiger partial charge in [-0.25, -0.2) is 4.98 Å². The molecule has 0 spiro atoms. The van der Waals surface area contributed by atoms with Crippen LogP contribution in [0, 0.1) is 0 Å². The highest BCUT2D eigenvalue weighted by atomic mass is 16.5. The predicted molar refractivity (Wildman–Crippen MR) is 92.4 cm³/mol. The number of amides is 1. The standard InChI is InChI=1S/C17H26N4O2/c1-3-8-13(18)16(22)20-17-19-14-9-5-6-10-15(14)21(17)11-7-12-23-4-2/h5-6,9-10,13H,3-4,7-8,11-12,18H2,1-2H3,(H,19,20,22). The molecule has 1 aromatic heterocycles. The largest absolute Gasteiger partial charge is 0.382 e. The number of anilines is 1. The fourth-order valence-electron chi connectivity index (χ4n) is 2.51. The van der Waals surface area contributed by atoms with Crippen LogP contribution in [0.3, 0.4) is 0 Å². The first-order valence-electron chi connectivity index (χ1n) is 8.26. The Morgan fingerprint density at radius 2 is 2.17 bits per heavy atom. The molecule has 1 aromatic carbocycles. The number of para-hydroxylation sites is 2. The molecule has 1 heterocycles. The van der Waals surface area contributed by atoms with Gasteiger partial charge in [0.2, 0.25) is 11.9 Å². The number of nitrogens with one attached hydrogen (secondary N) is 1. The number of ether oxygens (including phenoxy) is 1. The number of nitrogens with two attached hydrogens (primary N) is 1. The maximum Gasteiger partial charge on any atom is 0.243 e. The van der Waals surface area contributed by atoms with E-state index in [1.54, 1.807) is 0 Å². The first-order valence-corrected chi connectivity index (χ1v) is 8.26. The van der Waals surface area contributed by atoms with Crippen molar-refractivity contribution >= 4 is 22.9 Å². The zero-order chi connectivity index (χ0) is 16.7. The van der Waals surface area contributed by atoms with Crippen LogP contribution in [0.25, 0.3) is 11.0 Å². The van der Waals surface area contributed by atoms with Gasteiger partial charge >= 0.3 is 0 Å². The number of rotatable bonds is 9. The first kappa shape index (κ1) is 17.4. The van der Waals surface area contributed by atoms with Gasteiger partial charge in [-0.05, 0) is 31.9 Å². The molecule has 2 aromatic rings. The number of benzene rings is 1. The summed E-state index contributed by atoms with van der Waals surface area (Å²) in [6.45, 7) is 6.12. The van der Waals surface area contributed by atoms with Crippen LogP contribution in [0.15, 0.2) is 24.3 Å². The Bertz CT molecular complexity index is 639. The second-order valence-electron chi connectivity index (χ2n) is 5.51. The van der Waals surface area contributed by atoms with Crippen LogP contribution in [0.5, 0.6) is 0 Å². The topological polar surface area (TPSA) is 82.2 Å². The number of aromatic nitrogens is 2. The van der Waals surface area contributed by atoms with Crippen molar-refractivity contribution in [2.45, 2.75) is 45.7 Å². The zero-order valence-corrected chi connectivity index (χ0v) is 13.9. The Kier molecular flexibility index (Phi) is 6.55. The molecule has 0 fully saturated rings. The lowest BCUT2D eigenvalue weighted by atomic mass is 10.2. The molecule has 0 radical (unpaired) electrons. The Hall–Kier alpha value is -1.92. The van der Waals surface area contributed by atoms with Crippen LogP contribution in [0.2, 0.25) is 0 Å². The molecule has 0 aliphatic heterocycles. The first-order chi connectivity index (χ1) is 11.2. The average Bonchev–Trinajstić information content (AvgIpc) is 2.89. The van der Waals surface area contributed by atoms with Crippen molar-refractivity contribution in [3.8, 4) is 0 Å². The Morgan fingerprint density at radius 1 is 1.39 bits per heavy atom. The van der Waals surface area contributed by atoms with Gasteiger partial charge in [-0.1, -0.05) is 25.5 Å². The highest BCUT2D eigenvalue weighted by Gasteiger charge is 2.17. The quantitative estimate of drug-likeness (QED) is 0.696. The maximum atomic E-state index is 12.2. The van der Waals surface area contributed by atoms with E-state index in [0.29, 0.717) is 25.6 Å². The van der Waals surface area contributed by atoms with Crippen molar-refractivity contribution in [3.63, 3.8) is 0 Å². The summed E-state index contributed by atoms with van der Waals surface area (Å²) >= 11 is 0. The van der Waals surface area contributed by atoms with Gasteiger partial charge in [0.1, 0.15) is 0 Å². The van der Waals surface area contributed by atoms with Crippen LogP contribution in [-0.2, 0) is 16.1 Å². The van der Waals surface area contributed by atoms with Crippen LogP contribution in [0.4, 0.5) is 5.95 Å². The molecule has 126 valence electrons. The average molecular weight is 318 g/mol. The lowest BCUT2D eigenvalue weighted by molar-refractivity contribution is -0.117. The molecule has 0 saturated carbocycles. The second-order valence-corrected chi connectivity index (χ2v) is 5.51. The molecule has 1 atom stereocenters. The normalized spacial score (nSPS) is 12.5. The maximum absolute atomic E-state index is 12.2. The van der Waals surface area contributed by atoms with E-state index in [9.17, 15) is 4.79 Å². The van der Waals surface area contributed by atoms with E-state index < -0.39 is 6.04 Å². The van der Waals surface area contributed by atoms with E-state index >= 15 is 0 Å². The minimum atomic E-state index is -0.503. The molecule has 0 aliphatic rings. The van der Waals surface area contributed by atoms with Gasteiger partial charge in [0.05, 0.1) is 17.1 Å². The number of imidazole rings is 1. The summed E-state index contributed by atoms with van der Waals surface area (Å²) < 4.78 is 7.41. The third kappa shape index (κ3) is 4.53. The molecule has 6 nitrogen and oxygen atoms in total. The molecule has 2 rings (SSSR count). The van der Waals surface area contributed by atoms with Crippen molar-refractivity contribution < 1.29 is 9.53 Å². The van der Waals surface area contributed by atoms with Crippen molar-refractivity contribution in [1.29, 1.82) is 0 Å². The highest BCUT2D eigenvalue weighted by molar-refractivity contribution is 5.95. The molecular formula is C17H26N4O2. The molecule has 1 amide bonds. The summed E-state index contributed by atoms with van der Waals surface area (Å²) in [5.74, 6) is 0.368. The van der Waals surface area contributed by atoms with Gasteiger partial charge in [-0.2, -0.15) is 0 Å². The van der Waals surface area contributed by atoms with E-state index in [0.717, 1.165) is 30.4 Å². The summed E-state index contributed by atoms with van der Waals surface area (Å²) in [7, 11) is 0. The van der Waals surface area contributed by atoms with E-state index in [2.05, 4.69) is 10.3 Å². The molecule has 0 aliphatic carbocycles. The number of fused-ring (bicyclic) bond motifs is 1. The number of hydrogen-bond acceptors (Lipinski definition) is 4. The summed E-state index contributed by atoms with van der Waals surface area (Å²) in [4.78, 5) is 16.7. The smallest absolute Gasteiger partial charge is 0.243 e. The third-order valence-corrected chi connectivity index (χ3v) is 3.70. The molecule has 23 heavy (non-hydrogen) atoms. The van der Waals surface area contributed by atoms with Gasteiger partial charge in [0.25, 0.3) is 0 Å². The number of hydrogen-bond donors (Lipinski definition) is 2. The Morgan fingerprint density at radius 3 is 2.91 bits per heavy atom. The van der Waals surface area contributed by atoms with Crippen LogP contribution in [-0.4, -0.2) is 34.7 Å². The number of nitrogens with zero attached hydrogens (tertiary/aromatic N) is 2. The fraction of sp³-hybridized carbons (Fsp3) is 0.529. The van der Waals surface area contributed by atoms with Gasteiger partial charge < -0.3 is 15.0 Å². The number of carbonyl (C=O) groups excluding carboxylic acids is 1. The summed E-state index contributed by atoms with van der Waals surface area (Å²) in [5, 5.41) is 2.87. The van der Waals surface area contributed by atoms with Crippen LogP contribution < -0.4 is 11.1 Å². The molecule has 3 N–H and O–H groups in total. The summed E-state index contributed by atoms with van der Waals surface area (Å²) in [6.07, 6.45) is 2.40. The van der Waals surface area contributed by atoms with E-state index in [-0.39, 0.29) is 5.91 Å². The minimum Gasteiger partial charge on any atom is -0.382 e. The molecular weight excluding hydrogens is 292 g/mol. The van der Waals surface area contributed by atoms with Gasteiger partial charge in [-0.3, -0.25) is 10.1 Å². The monoisotopic (exact) mass is 318 g/mol. The van der Waals surface area contributed by atoms with Crippen molar-refractivity contribution in [2.75, 3.05) is 18.5 Å². The van der Waals surface area contributed by atoms with Crippen LogP contribution >= 0.6 is 0 Å². The lowest BCUT2D eigenvalue weighted by Crippen LogP contribution is -2.36. The summed E-state index contributed by atoms with van der Waals surface area (Å²) in [5.41, 5.74) is 7.76. The molecule has 6 heteroatoms. The van der Waals surface area contributed by atoms with Crippen molar-refractivity contribution in [3.05, 3.63) is 24.3 Å². The minimum absolute atomic E-state index is 0.187. The fourth-order valence-corrected chi connectivity index (χ4v) is 2.51. The third-order valence-electron chi connectivity index (χ3n) is 3.70. The number of aryl methyl sites for hydroxylation is 1. The van der Waals surface area contributed by atoms with Gasteiger partial charge in [0, 0.05) is 19.8 Å². The predicted octanol–water partition coefficient (Wildman–Crippen LogP) is 2.53. The molecule has 1 unspecified atom stereocenters. The van der Waals surface area contributed by atoms with Gasteiger partial charge in [-0.15, -0.1) is 0 Å².